The van der Waals surface area contributed by atoms with Gasteiger partial charge in [-0.3, -0.25) is 9.78 Å². The van der Waals surface area contributed by atoms with Gasteiger partial charge in [0.25, 0.3) is 5.91 Å². The van der Waals surface area contributed by atoms with Crippen LogP contribution in [0.5, 0.6) is 5.75 Å². The molecule has 0 spiro atoms. The number of hydrogen-bond acceptors (Lipinski definition) is 5. The van der Waals surface area contributed by atoms with Crippen LogP contribution in [0.4, 0.5) is 9.18 Å². The molecule has 1 aromatic heterocycles. The van der Waals surface area contributed by atoms with Gasteiger partial charge in [0.1, 0.15) is 5.60 Å². The van der Waals surface area contributed by atoms with Crippen molar-refractivity contribution < 1.29 is 23.5 Å². The quantitative estimate of drug-likeness (QED) is 0.524. The molecule has 2 rings (SSSR count). The van der Waals surface area contributed by atoms with Crippen molar-refractivity contribution in [3.8, 4) is 5.75 Å². The topological polar surface area (TPSA) is 80.8 Å². The van der Waals surface area contributed by atoms with Gasteiger partial charge in [-0.1, -0.05) is 22.0 Å². The highest BCUT2D eigenvalue weighted by atomic mass is 79.9. The van der Waals surface area contributed by atoms with Gasteiger partial charge in [-0.05, 0) is 57.0 Å². The summed E-state index contributed by atoms with van der Waals surface area (Å²) in [6, 6.07) is 8.02. The van der Waals surface area contributed by atoms with Crippen molar-refractivity contribution in [3.63, 3.8) is 0 Å². The highest BCUT2D eigenvalue weighted by Gasteiger charge is 2.22. The van der Waals surface area contributed by atoms with Crippen molar-refractivity contribution in [2.24, 2.45) is 0 Å². The summed E-state index contributed by atoms with van der Waals surface area (Å²) in [5.41, 5.74) is 0.264. The zero-order valence-corrected chi connectivity index (χ0v) is 19.4. The van der Waals surface area contributed by atoms with E-state index in [2.05, 4.69) is 26.2 Å². The minimum atomic E-state index is -0.613. The van der Waals surface area contributed by atoms with Crippen LogP contribution in [-0.2, 0) is 16.1 Å². The summed E-state index contributed by atoms with van der Waals surface area (Å²) in [4.78, 5) is 30.2. The predicted octanol–water partition coefficient (Wildman–Crippen LogP) is 4.31. The van der Waals surface area contributed by atoms with Gasteiger partial charge in [0.2, 0.25) is 0 Å². The lowest BCUT2D eigenvalue weighted by Crippen LogP contribution is -2.38. The number of carbonyl (C=O) groups is 2. The number of ether oxygens (including phenoxy) is 2. The second kappa shape index (κ2) is 11.6. The SMILES string of the molecule is CC(C)(C)OC(=O)N(CCCNC(=O)COc1ccc(Br)cc1F)Cc1cccnc1. The predicted molar refractivity (Wildman–Crippen MR) is 118 cm³/mol. The average molecular weight is 496 g/mol. The third kappa shape index (κ3) is 9.33. The van der Waals surface area contributed by atoms with Crippen molar-refractivity contribution in [1.82, 2.24) is 15.2 Å². The Hall–Kier alpha value is -2.68. The van der Waals surface area contributed by atoms with Gasteiger partial charge >= 0.3 is 6.09 Å². The molecule has 31 heavy (non-hydrogen) atoms. The van der Waals surface area contributed by atoms with Crippen LogP contribution in [0, 0.1) is 5.82 Å². The molecule has 0 saturated carbocycles. The van der Waals surface area contributed by atoms with Crippen molar-refractivity contribution >= 4 is 27.9 Å². The van der Waals surface area contributed by atoms with Crippen molar-refractivity contribution in [1.29, 1.82) is 0 Å². The number of benzene rings is 1. The van der Waals surface area contributed by atoms with E-state index in [9.17, 15) is 14.0 Å². The molecule has 0 saturated heterocycles. The third-order valence-corrected chi connectivity index (χ3v) is 4.42. The summed E-state index contributed by atoms with van der Waals surface area (Å²) in [5.74, 6) is -0.921. The number of amides is 2. The minimum absolute atomic E-state index is 0.00548. The molecule has 0 unspecified atom stereocenters. The van der Waals surface area contributed by atoms with E-state index >= 15 is 0 Å². The minimum Gasteiger partial charge on any atom is -0.481 e. The normalized spacial score (nSPS) is 11.0. The van der Waals surface area contributed by atoms with Crippen LogP contribution in [0.25, 0.3) is 0 Å². The van der Waals surface area contributed by atoms with E-state index in [4.69, 9.17) is 9.47 Å². The van der Waals surface area contributed by atoms with Crippen LogP contribution in [0.1, 0.15) is 32.8 Å². The molecule has 2 aromatic rings. The molecule has 168 valence electrons. The van der Waals surface area contributed by atoms with Crippen LogP contribution in [0.15, 0.2) is 47.2 Å². The molecule has 9 heteroatoms. The summed E-state index contributed by atoms with van der Waals surface area (Å²) < 4.78 is 25.0. The molecule has 1 N–H and O–H groups in total. The lowest BCUT2D eigenvalue weighted by Gasteiger charge is -2.27. The maximum atomic E-state index is 13.7. The van der Waals surface area contributed by atoms with Gasteiger partial charge in [0.05, 0.1) is 6.54 Å². The Morgan fingerprint density at radius 3 is 2.68 bits per heavy atom. The first-order chi connectivity index (χ1) is 14.6. The second-order valence-electron chi connectivity index (χ2n) is 7.83. The van der Waals surface area contributed by atoms with E-state index in [1.807, 2.05) is 26.8 Å². The first kappa shape index (κ1) is 24.6. The second-order valence-corrected chi connectivity index (χ2v) is 8.75. The fourth-order valence-corrected chi connectivity index (χ4v) is 2.89. The Morgan fingerprint density at radius 1 is 1.26 bits per heavy atom. The fraction of sp³-hybridized carbons (Fsp3) is 0.409. The van der Waals surface area contributed by atoms with E-state index in [1.54, 1.807) is 29.4 Å². The fourth-order valence-electron chi connectivity index (χ4n) is 2.56. The molecule has 0 fully saturated rings. The van der Waals surface area contributed by atoms with Gasteiger partial charge < -0.3 is 19.7 Å². The van der Waals surface area contributed by atoms with Crippen molar-refractivity contribution in [3.05, 3.63) is 58.6 Å². The van der Waals surface area contributed by atoms with Crippen LogP contribution in [-0.4, -0.2) is 47.2 Å². The van der Waals surface area contributed by atoms with Crippen molar-refractivity contribution in [2.45, 2.75) is 39.3 Å². The summed E-state index contributed by atoms with van der Waals surface area (Å²) in [6.07, 6.45) is 3.44. The Kier molecular flexibility index (Phi) is 9.23. The number of aromatic nitrogens is 1. The van der Waals surface area contributed by atoms with Crippen molar-refractivity contribution in [2.75, 3.05) is 19.7 Å². The van der Waals surface area contributed by atoms with E-state index in [0.29, 0.717) is 30.5 Å². The Bertz CT molecular complexity index is 875. The van der Waals surface area contributed by atoms with Gasteiger partial charge in [-0.25, -0.2) is 9.18 Å². The standard InChI is InChI=1S/C22H27BrFN3O4/c1-22(2,3)31-21(29)27(14-16-6-4-9-25-13-16)11-5-10-26-20(28)15-30-19-8-7-17(23)12-18(19)24/h4,6-9,12-13H,5,10-11,14-15H2,1-3H3,(H,26,28). The maximum absolute atomic E-state index is 13.7. The first-order valence-electron chi connectivity index (χ1n) is 9.85. The molecule has 1 aromatic carbocycles. The first-order valence-corrected chi connectivity index (χ1v) is 10.6. The number of rotatable bonds is 9. The van der Waals surface area contributed by atoms with Gasteiger partial charge in [-0.2, -0.15) is 0 Å². The number of halogens is 2. The summed E-state index contributed by atoms with van der Waals surface area (Å²) >= 11 is 3.16. The van der Waals surface area contributed by atoms with Crippen LogP contribution in [0.2, 0.25) is 0 Å². The summed E-state index contributed by atoms with van der Waals surface area (Å²) in [7, 11) is 0. The third-order valence-electron chi connectivity index (χ3n) is 3.93. The molecule has 0 aliphatic rings. The number of nitrogens with zero attached hydrogens (tertiary/aromatic N) is 2. The number of carbonyl (C=O) groups excluding carboxylic acids is 2. The molecule has 0 bridgehead atoms. The molecular weight excluding hydrogens is 469 g/mol. The molecule has 0 aliphatic heterocycles. The molecule has 0 aliphatic carbocycles. The monoisotopic (exact) mass is 495 g/mol. The maximum Gasteiger partial charge on any atom is 0.410 e. The van der Waals surface area contributed by atoms with Gasteiger partial charge in [0, 0.05) is 30.0 Å². The summed E-state index contributed by atoms with van der Waals surface area (Å²) in [5, 5.41) is 2.70. The average Bonchev–Trinajstić information content (AvgIpc) is 2.69. The molecule has 2 amide bonds. The Balaban J connectivity index is 1.80. The van der Waals surface area contributed by atoms with Crippen LogP contribution < -0.4 is 10.1 Å². The van der Waals surface area contributed by atoms with E-state index in [-0.39, 0.29) is 18.3 Å². The largest absolute Gasteiger partial charge is 0.481 e. The molecule has 0 radical (unpaired) electrons. The van der Waals surface area contributed by atoms with Gasteiger partial charge in [0.15, 0.2) is 18.2 Å². The molecule has 0 atom stereocenters. The molecule has 7 nitrogen and oxygen atoms in total. The highest BCUT2D eigenvalue weighted by Crippen LogP contribution is 2.21. The Labute approximate surface area is 190 Å². The zero-order valence-electron chi connectivity index (χ0n) is 17.9. The summed E-state index contributed by atoms with van der Waals surface area (Å²) in [6.45, 7) is 6.18. The highest BCUT2D eigenvalue weighted by molar-refractivity contribution is 9.10. The molecular formula is C22H27BrFN3O4. The number of nitrogens with one attached hydrogen (secondary N) is 1. The number of hydrogen-bond donors (Lipinski definition) is 1. The van der Waals surface area contributed by atoms with E-state index < -0.39 is 17.5 Å². The lowest BCUT2D eigenvalue weighted by atomic mass is 10.2. The van der Waals surface area contributed by atoms with E-state index in [1.165, 1.54) is 12.1 Å². The number of pyridine rings is 1. The molecule has 1 heterocycles. The Morgan fingerprint density at radius 2 is 2.03 bits per heavy atom. The lowest BCUT2D eigenvalue weighted by molar-refractivity contribution is -0.123. The van der Waals surface area contributed by atoms with Crippen LogP contribution in [0.3, 0.4) is 0 Å². The van der Waals surface area contributed by atoms with Crippen LogP contribution >= 0.6 is 15.9 Å². The van der Waals surface area contributed by atoms with Gasteiger partial charge in [-0.15, -0.1) is 0 Å². The van der Waals surface area contributed by atoms with E-state index in [0.717, 1.165) is 5.56 Å². The zero-order chi connectivity index (χ0) is 22.9. The smallest absolute Gasteiger partial charge is 0.410 e.